The first-order valence-corrected chi connectivity index (χ1v) is 10.8. The Balaban J connectivity index is 2.34. The van der Waals surface area contributed by atoms with E-state index in [2.05, 4.69) is 0 Å². The Labute approximate surface area is 190 Å². The zero-order valence-corrected chi connectivity index (χ0v) is 21.1. The molecule has 3 rings (SSSR count). The van der Waals surface area contributed by atoms with Gasteiger partial charge in [-0.3, -0.25) is 14.0 Å². The highest BCUT2D eigenvalue weighted by molar-refractivity contribution is 6.02. The number of hydrogen-bond donors (Lipinski definition) is 0. The average Bonchev–Trinajstić information content (AvgIpc) is 2.85. The van der Waals surface area contributed by atoms with Crippen molar-refractivity contribution in [2.75, 3.05) is 21.1 Å². The third kappa shape index (κ3) is 2.94. The highest BCUT2D eigenvalue weighted by Gasteiger charge is 2.61. The van der Waals surface area contributed by atoms with E-state index in [1.54, 1.807) is 73.6 Å². The Kier molecular flexibility index (Phi) is 5.00. The first-order chi connectivity index (χ1) is 14.2. The van der Waals surface area contributed by atoms with Crippen LogP contribution in [0.1, 0.15) is 66.5 Å². The van der Waals surface area contributed by atoms with Gasteiger partial charge in [0.25, 0.3) is 0 Å². The molecule has 0 saturated heterocycles. The van der Waals surface area contributed by atoms with Crippen molar-refractivity contribution in [1.29, 1.82) is 0 Å². The fourth-order valence-electron chi connectivity index (χ4n) is 3.94. The Morgan fingerprint density at radius 1 is 0.688 bits per heavy atom. The molecule has 176 valence electrons. The summed E-state index contributed by atoms with van der Waals surface area (Å²) < 4.78 is 1.86. The Bertz CT molecular complexity index is 959. The fraction of sp³-hybridized carbons (Fsp3) is 0.652. The van der Waals surface area contributed by atoms with Crippen LogP contribution >= 0.6 is 0 Å². The molecule has 9 nitrogen and oxygen atoms in total. The molecule has 0 bridgehead atoms. The lowest BCUT2D eigenvalue weighted by Crippen LogP contribution is -2.53. The smallest absolute Gasteiger partial charge is 0.317 e. The van der Waals surface area contributed by atoms with Gasteiger partial charge in [0.15, 0.2) is 11.1 Å². The summed E-state index contributed by atoms with van der Waals surface area (Å²) in [5, 5.41) is 54.5. The number of hydrogen-bond acceptors (Lipinski definition) is 4. The molecule has 0 aromatic heterocycles. The van der Waals surface area contributed by atoms with Gasteiger partial charge in [-0.1, -0.05) is 10.1 Å². The van der Waals surface area contributed by atoms with E-state index < -0.39 is 22.2 Å². The molecule has 2 radical (unpaired) electrons. The predicted octanol–water partition coefficient (Wildman–Crippen LogP) is 2.83. The molecule has 0 amide bonds. The van der Waals surface area contributed by atoms with Crippen molar-refractivity contribution in [1.82, 2.24) is 14.6 Å². The van der Waals surface area contributed by atoms with Crippen LogP contribution in [-0.4, -0.2) is 74.6 Å². The van der Waals surface area contributed by atoms with Crippen molar-refractivity contribution in [3.05, 3.63) is 39.7 Å². The summed E-state index contributed by atoms with van der Waals surface area (Å²) in [6.07, 6.45) is 0. The maximum absolute atomic E-state index is 13.3. The third-order valence-corrected chi connectivity index (χ3v) is 8.00. The molecule has 0 aliphatic carbocycles. The molecule has 1 aromatic carbocycles. The van der Waals surface area contributed by atoms with Gasteiger partial charge in [0.1, 0.15) is 16.8 Å². The van der Waals surface area contributed by atoms with Crippen LogP contribution in [0.15, 0.2) is 18.2 Å². The van der Waals surface area contributed by atoms with Gasteiger partial charge in [-0.05, 0) is 61.5 Å². The van der Waals surface area contributed by atoms with Crippen LogP contribution in [0, 0.1) is 10.4 Å². The van der Waals surface area contributed by atoms with Crippen molar-refractivity contribution in [2.24, 2.45) is 0 Å². The van der Waals surface area contributed by atoms with Crippen LogP contribution in [0.2, 0.25) is 0 Å². The molecule has 0 unspecified atom stereocenters. The van der Waals surface area contributed by atoms with Crippen LogP contribution in [0.3, 0.4) is 0 Å². The van der Waals surface area contributed by atoms with Crippen LogP contribution in [0.5, 0.6) is 0 Å². The molecule has 2 aliphatic heterocycles. The van der Waals surface area contributed by atoms with Crippen molar-refractivity contribution < 1.29 is 19.9 Å². The van der Waals surface area contributed by atoms with Gasteiger partial charge < -0.3 is 10.4 Å². The van der Waals surface area contributed by atoms with Gasteiger partial charge in [-0.25, -0.2) is 0 Å². The minimum Gasteiger partial charge on any atom is -0.714 e. The number of rotatable bonds is 3. The van der Waals surface area contributed by atoms with Crippen LogP contribution < -0.4 is 4.48 Å². The molecular weight excluding hydrogens is 410 g/mol. The van der Waals surface area contributed by atoms with E-state index in [1.807, 2.05) is 21.1 Å². The first kappa shape index (κ1) is 24.3. The van der Waals surface area contributed by atoms with Crippen LogP contribution in [0.4, 0.5) is 5.69 Å². The Hall–Kier alpha value is -2.36. The van der Waals surface area contributed by atoms with Crippen LogP contribution in [-0.2, 0) is 10.4 Å². The van der Waals surface area contributed by atoms with E-state index >= 15 is 0 Å². The fourth-order valence-corrected chi connectivity index (χ4v) is 3.94. The molecule has 0 atom stereocenters. The molecule has 2 heterocycles. The molecule has 0 saturated carbocycles. The first-order valence-electron chi connectivity index (χ1n) is 10.8. The van der Waals surface area contributed by atoms with Crippen molar-refractivity contribution in [3.8, 4) is 0 Å². The summed E-state index contributed by atoms with van der Waals surface area (Å²) in [6.45, 7) is 13.9. The third-order valence-electron chi connectivity index (χ3n) is 8.00. The summed E-state index contributed by atoms with van der Waals surface area (Å²) >= 11 is 0. The standard InChI is InChI=1S/C23H36N5O4/c1-20(2)21(3,4)25(30)18(24(20)29)15-12-16(14-17(13-15)28(9,10)11)19-26(31)22(5,6)23(7,8)27(19)32/h12-14H,1-11H3/q+1. The van der Waals surface area contributed by atoms with Gasteiger partial charge in [-0.2, -0.15) is 0 Å². The number of benzene rings is 1. The normalized spacial score (nSPS) is 24.0. The number of hydroxylamine groups is 6. The van der Waals surface area contributed by atoms with E-state index in [4.69, 9.17) is 0 Å². The maximum Gasteiger partial charge on any atom is 0.317 e. The zero-order chi connectivity index (χ0) is 24.8. The number of amidine groups is 2. The predicted molar refractivity (Wildman–Crippen MR) is 123 cm³/mol. The quantitative estimate of drug-likeness (QED) is 0.405. The molecule has 0 fully saturated rings. The van der Waals surface area contributed by atoms with E-state index in [0.717, 1.165) is 25.3 Å². The van der Waals surface area contributed by atoms with Gasteiger partial charge in [-0.15, -0.1) is 0 Å². The molecule has 9 heteroatoms. The van der Waals surface area contributed by atoms with Gasteiger partial charge in [0.2, 0.25) is 0 Å². The highest BCUT2D eigenvalue weighted by Crippen LogP contribution is 2.40. The minimum absolute atomic E-state index is 0.0245. The van der Waals surface area contributed by atoms with Gasteiger partial charge in [0.05, 0.1) is 32.3 Å². The minimum atomic E-state index is -0.976. The molecule has 2 aliphatic rings. The molecular formula is C23H36N5O4+. The largest absolute Gasteiger partial charge is 0.714 e. The second-order valence-corrected chi connectivity index (χ2v) is 11.8. The van der Waals surface area contributed by atoms with Crippen molar-refractivity contribution in [2.45, 2.75) is 77.5 Å². The summed E-state index contributed by atoms with van der Waals surface area (Å²) in [5.74, 6) is -0.0490. The van der Waals surface area contributed by atoms with E-state index in [0.29, 0.717) is 15.6 Å². The van der Waals surface area contributed by atoms with Gasteiger partial charge in [0, 0.05) is 22.5 Å². The zero-order valence-electron chi connectivity index (χ0n) is 21.1. The lowest BCUT2D eigenvalue weighted by atomic mass is 9.84. The SMILES string of the molecule is CC1(C)N([O])C(c2cc(C3=[N+]([O-])C(C)(C)C(C)(C)N3[O])cc([N+](C)(C)C)c2)=[N+]([O-])C1(C)C. The molecule has 32 heavy (non-hydrogen) atoms. The second kappa shape index (κ2) is 6.59. The van der Waals surface area contributed by atoms with E-state index in [-0.39, 0.29) is 11.7 Å². The summed E-state index contributed by atoms with van der Waals surface area (Å²) in [7, 11) is 5.82. The topological polar surface area (TPSA) is 98.4 Å². The monoisotopic (exact) mass is 446 g/mol. The molecule has 1 aromatic rings. The summed E-state index contributed by atoms with van der Waals surface area (Å²) in [4.78, 5) is 0. The Morgan fingerprint density at radius 3 is 1.22 bits per heavy atom. The number of nitrogens with zero attached hydrogens (tertiary/aromatic N) is 5. The van der Waals surface area contributed by atoms with E-state index in [1.165, 1.54) is 0 Å². The second-order valence-electron chi connectivity index (χ2n) is 11.8. The molecule has 0 spiro atoms. The van der Waals surface area contributed by atoms with Gasteiger partial charge >= 0.3 is 11.7 Å². The summed E-state index contributed by atoms with van der Waals surface area (Å²) in [6, 6.07) is 5.16. The van der Waals surface area contributed by atoms with E-state index in [9.17, 15) is 20.8 Å². The van der Waals surface area contributed by atoms with Crippen LogP contribution in [0.25, 0.3) is 0 Å². The lowest BCUT2D eigenvalue weighted by Gasteiger charge is -2.32. The summed E-state index contributed by atoms with van der Waals surface area (Å²) in [5.41, 5.74) is -2.39. The maximum atomic E-state index is 13.3. The lowest BCUT2D eigenvalue weighted by molar-refractivity contribution is -0.539. The number of quaternary nitrogens is 1. The van der Waals surface area contributed by atoms with Crippen molar-refractivity contribution in [3.63, 3.8) is 0 Å². The molecule has 0 N–H and O–H groups in total. The van der Waals surface area contributed by atoms with Crippen molar-refractivity contribution >= 4 is 17.4 Å². The average molecular weight is 447 g/mol. The highest BCUT2D eigenvalue weighted by atomic mass is 16.5. The Morgan fingerprint density at radius 2 is 1.00 bits per heavy atom.